The summed E-state index contributed by atoms with van der Waals surface area (Å²) in [6.07, 6.45) is 3.62. The molecule has 0 radical (unpaired) electrons. The molecule has 2 saturated heterocycles. The molecule has 3 amide bonds. The highest BCUT2D eigenvalue weighted by Gasteiger charge is 2.36. The maximum atomic E-state index is 14.7. The van der Waals surface area contributed by atoms with Crippen molar-refractivity contribution in [3.8, 4) is 0 Å². The summed E-state index contributed by atoms with van der Waals surface area (Å²) < 4.78 is 14.7. The Kier molecular flexibility index (Phi) is 6.32. The van der Waals surface area contributed by atoms with Gasteiger partial charge in [-0.2, -0.15) is 0 Å². The van der Waals surface area contributed by atoms with E-state index in [0.29, 0.717) is 16.9 Å². The maximum absolute atomic E-state index is 14.7. The Hall–Kier alpha value is -3.13. The predicted octanol–water partition coefficient (Wildman–Crippen LogP) is 4.72. The number of benzene rings is 2. The second kappa shape index (κ2) is 9.16. The van der Waals surface area contributed by atoms with E-state index in [4.69, 9.17) is 0 Å². The van der Waals surface area contributed by atoms with Gasteiger partial charge in [0, 0.05) is 18.8 Å². The van der Waals surface area contributed by atoms with E-state index in [0.717, 1.165) is 53.7 Å². The van der Waals surface area contributed by atoms with Gasteiger partial charge in [-0.05, 0) is 79.9 Å². The lowest BCUT2D eigenvalue weighted by molar-refractivity contribution is -0.127. The van der Waals surface area contributed by atoms with Gasteiger partial charge in [-0.3, -0.25) is 19.3 Å². The van der Waals surface area contributed by atoms with Gasteiger partial charge in [0.1, 0.15) is 12.4 Å². The van der Waals surface area contributed by atoms with E-state index in [-0.39, 0.29) is 17.3 Å². The van der Waals surface area contributed by atoms with Gasteiger partial charge < -0.3 is 10.2 Å². The van der Waals surface area contributed by atoms with Gasteiger partial charge in [-0.25, -0.2) is 4.39 Å². The van der Waals surface area contributed by atoms with Crippen molar-refractivity contribution in [3.05, 3.63) is 63.8 Å². The molecule has 6 nitrogen and oxygen atoms in total. The number of amides is 3. The molecule has 166 valence electrons. The lowest BCUT2D eigenvalue weighted by atomic mass is 10.1. The molecular formula is C24H24FN3O3S. The molecule has 0 bridgehead atoms. The second-order valence-corrected chi connectivity index (χ2v) is 9.03. The zero-order chi connectivity index (χ0) is 22.8. The van der Waals surface area contributed by atoms with Crippen LogP contribution >= 0.6 is 11.8 Å². The minimum Gasteiger partial charge on any atom is -0.369 e. The van der Waals surface area contributed by atoms with Crippen molar-refractivity contribution in [2.75, 3.05) is 29.9 Å². The first-order valence-electron chi connectivity index (χ1n) is 10.5. The first kappa shape index (κ1) is 22.1. The molecule has 2 aromatic rings. The van der Waals surface area contributed by atoms with E-state index in [1.807, 2.05) is 30.9 Å². The van der Waals surface area contributed by atoms with Crippen molar-refractivity contribution in [3.63, 3.8) is 0 Å². The number of anilines is 2. The third-order valence-corrected chi connectivity index (χ3v) is 6.49. The van der Waals surface area contributed by atoms with Gasteiger partial charge in [-0.15, -0.1) is 0 Å². The van der Waals surface area contributed by atoms with E-state index in [1.165, 1.54) is 12.1 Å². The predicted molar refractivity (Wildman–Crippen MR) is 125 cm³/mol. The third-order valence-electron chi connectivity index (χ3n) is 5.58. The first-order valence-corrected chi connectivity index (χ1v) is 11.3. The molecule has 0 atom stereocenters. The fourth-order valence-electron chi connectivity index (χ4n) is 3.80. The zero-order valence-electron chi connectivity index (χ0n) is 18.0. The van der Waals surface area contributed by atoms with E-state index in [9.17, 15) is 18.8 Å². The minimum absolute atomic E-state index is 0.176. The molecule has 0 aliphatic carbocycles. The third kappa shape index (κ3) is 4.70. The van der Waals surface area contributed by atoms with Crippen molar-refractivity contribution in [2.45, 2.75) is 26.7 Å². The number of nitrogens with zero attached hydrogens (tertiary/aromatic N) is 2. The molecule has 0 spiro atoms. The number of aryl methyl sites for hydroxylation is 2. The molecule has 2 aromatic carbocycles. The van der Waals surface area contributed by atoms with Crippen LogP contribution in [0.1, 0.15) is 29.5 Å². The van der Waals surface area contributed by atoms with Crippen molar-refractivity contribution in [1.82, 2.24) is 4.90 Å². The maximum Gasteiger partial charge on any atom is 0.294 e. The largest absolute Gasteiger partial charge is 0.369 e. The average Bonchev–Trinajstić information content (AvgIpc) is 3.37. The monoisotopic (exact) mass is 453 g/mol. The number of rotatable bonds is 5. The van der Waals surface area contributed by atoms with Gasteiger partial charge in [0.15, 0.2) is 0 Å². The summed E-state index contributed by atoms with van der Waals surface area (Å²) in [5, 5.41) is 2.16. The fraction of sp³-hybridized carbons (Fsp3) is 0.292. The van der Waals surface area contributed by atoms with E-state index >= 15 is 0 Å². The quantitative estimate of drug-likeness (QED) is 0.664. The fourth-order valence-corrected chi connectivity index (χ4v) is 4.63. The molecule has 4 rings (SSSR count). The Morgan fingerprint density at radius 1 is 1.12 bits per heavy atom. The van der Waals surface area contributed by atoms with Crippen LogP contribution in [0.15, 0.2) is 41.3 Å². The second-order valence-electron chi connectivity index (χ2n) is 8.04. The highest BCUT2D eigenvalue weighted by atomic mass is 32.2. The van der Waals surface area contributed by atoms with Gasteiger partial charge in [0.25, 0.3) is 11.1 Å². The number of carbonyl (C=O) groups is 3. The minimum atomic E-state index is -0.553. The van der Waals surface area contributed by atoms with E-state index in [2.05, 4.69) is 5.32 Å². The normalized spacial score (nSPS) is 17.5. The number of nitrogens with one attached hydrogen (secondary N) is 1. The number of carbonyl (C=O) groups excluding carboxylic acids is 3. The Labute approximate surface area is 190 Å². The Morgan fingerprint density at radius 2 is 1.81 bits per heavy atom. The SMILES string of the molecule is Cc1ccc(NC(=O)CN2C(=O)SC(=Cc3cc(F)c(N4CCCC4)cc3C)C2=O)cc1. The van der Waals surface area contributed by atoms with E-state index in [1.54, 1.807) is 18.2 Å². The number of hydrogen-bond acceptors (Lipinski definition) is 5. The summed E-state index contributed by atoms with van der Waals surface area (Å²) in [6, 6.07) is 10.4. The molecule has 1 N–H and O–H groups in total. The highest BCUT2D eigenvalue weighted by molar-refractivity contribution is 8.18. The van der Waals surface area contributed by atoms with Crippen molar-refractivity contribution >= 4 is 46.3 Å². The van der Waals surface area contributed by atoms with Crippen molar-refractivity contribution in [2.24, 2.45) is 0 Å². The smallest absolute Gasteiger partial charge is 0.294 e. The first-order chi connectivity index (χ1) is 15.3. The summed E-state index contributed by atoms with van der Waals surface area (Å²) >= 11 is 0.757. The van der Waals surface area contributed by atoms with Crippen molar-refractivity contribution < 1.29 is 18.8 Å². The number of imide groups is 1. The van der Waals surface area contributed by atoms with Gasteiger partial charge in [-0.1, -0.05) is 17.7 Å². The van der Waals surface area contributed by atoms with Crippen LogP contribution in [0.25, 0.3) is 6.08 Å². The molecule has 2 heterocycles. The average molecular weight is 454 g/mol. The van der Waals surface area contributed by atoms with Crippen LogP contribution in [0, 0.1) is 19.7 Å². The lowest BCUT2D eigenvalue weighted by Crippen LogP contribution is -2.36. The highest BCUT2D eigenvalue weighted by Crippen LogP contribution is 2.34. The van der Waals surface area contributed by atoms with Crippen LogP contribution in [0.5, 0.6) is 0 Å². The molecule has 0 unspecified atom stereocenters. The van der Waals surface area contributed by atoms with Crippen LogP contribution in [-0.4, -0.2) is 41.6 Å². The van der Waals surface area contributed by atoms with Gasteiger partial charge in [0.05, 0.1) is 10.6 Å². The summed E-state index contributed by atoms with van der Waals surface area (Å²) in [6.45, 7) is 5.07. The van der Waals surface area contributed by atoms with Crippen LogP contribution in [0.4, 0.5) is 20.6 Å². The molecular weight excluding hydrogens is 429 g/mol. The Morgan fingerprint density at radius 3 is 2.50 bits per heavy atom. The molecule has 0 saturated carbocycles. The van der Waals surface area contributed by atoms with Crippen LogP contribution in [0.3, 0.4) is 0 Å². The standard InChI is InChI=1S/C24H24FN3O3S/c1-15-5-7-18(8-6-15)26-22(29)14-28-23(30)21(32-24(28)31)13-17-12-19(25)20(11-16(17)2)27-9-3-4-10-27/h5-8,11-13H,3-4,9-10,14H2,1-2H3,(H,26,29). The molecule has 2 fully saturated rings. The summed E-state index contributed by atoms with van der Waals surface area (Å²) in [7, 11) is 0. The lowest BCUT2D eigenvalue weighted by Gasteiger charge is -2.19. The summed E-state index contributed by atoms with van der Waals surface area (Å²) in [5.41, 5.74) is 3.57. The van der Waals surface area contributed by atoms with Crippen molar-refractivity contribution in [1.29, 1.82) is 0 Å². The molecule has 2 aliphatic rings. The number of hydrogen-bond donors (Lipinski definition) is 1. The molecule has 2 aliphatic heterocycles. The number of halogens is 1. The Balaban J connectivity index is 1.47. The Bertz CT molecular complexity index is 1110. The van der Waals surface area contributed by atoms with Crippen LogP contribution in [0.2, 0.25) is 0 Å². The van der Waals surface area contributed by atoms with Gasteiger partial charge in [0.2, 0.25) is 5.91 Å². The topological polar surface area (TPSA) is 69.7 Å². The van der Waals surface area contributed by atoms with Crippen LogP contribution < -0.4 is 10.2 Å². The molecule has 32 heavy (non-hydrogen) atoms. The number of thioether (sulfide) groups is 1. The summed E-state index contributed by atoms with van der Waals surface area (Å²) in [5.74, 6) is -1.36. The van der Waals surface area contributed by atoms with E-state index < -0.39 is 17.1 Å². The molecule has 0 aromatic heterocycles. The van der Waals surface area contributed by atoms with Crippen LogP contribution in [-0.2, 0) is 9.59 Å². The molecule has 8 heteroatoms. The van der Waals surface area contributed by atoms with Gasteiger partial charge >= 0.3 is 0 Å². The summed E-state index contributed by atoms with van der Waals surface area (Å²) in [4.78, 5) is 40.6. The zero-order valence-corrected chi connectivity index (χ0v) is 18.8.